The van der Waals surface area contributed by atoms with Gasteiger partial charge < -0.3 is 14.6 Å². The van der Waals surface area contributed by atoms with E-state index in [1.807, 2.05) is 55.6 Å². The summed E-state index contributed by atoms with van der Waals surface area (Å²) in [5.74, 6) is 1.40. The van der Waals surface area contributed by atoms with Gasteiger partial charge in [0.15, 0.2) is 6.10 Å². The van der Waals surface area contributed by atoms with Crippen LogP contribution >= 0.6 is 11.3 Å². The molecule has 1 N–H and O–H groups in total. The topological polar surface area (TPSA) is 77.2 Å². The minimum Gasteiger partial charge on any atom is -0.480 e. The van der Waals surface area contributed by atoms with Gasteiger partial charge in [0, 0.05) is 0 Å². The minimum absolute atomic E-state index is 0.171. The quantitative estimate of drug-likeness (QED) is 0.699. The summed E-state index contributed by atoms with van der Waals surface area (Å²) in [6.07, 6.45) is -0.00875. The van der Waals surface area contributed by atoms with Crippen LogP contribution in [0.3, 0.4) is 0 Å². The van der Waals surface area contributed by atoms with Crippen molar-refractivity contribution in [3.8, 4) is 16.5 Å². The molecule has 0 fully saturated rings. The number of carbonyl (C=O) groups excluding carboxylic acids is 1. The molecule has 2 heterocycles. The lowest BCUT2D eigenvalue weighted by atomic mass is 10.2. The Morgan fingerprint density at radius 1 is 1.32 bits per heavy atom. The normalized spacial score (nSPS) is 11.9. The van der Waals surface area contributed by atoms with Crippen LogP contribution in [0.1, 0.15) is 24.8 Å². The third kappa shape index (κ3) is 4.24. The maximum absolute atomic E-state index is 12.4. The van der Waals surface area contributed by atoms with E-state index in [0.29, 0.717) is 23.9 Å². The summed E-state index contributed by atoms with van der Waals surface area (Å²) in [4.78, 5) is 17.6. The fourth-order valence-corrected chi connectivity index (χ4v) is 2.92. The highest BCUT2D eigenvalue weighted by Gasteiger charge is 2.20. The third-order valence-electron chi connectivity index (χ3n) is 3.65. The van der Waals surface area contributed by atoms with E-state index in [0.717, 1.165) is 10.4 Å². The molecule has 3 aromatic rings. The number of benzene rings is 1. The molecule has 25 heavy (non-hydrogen) atoms. The number of aromatic nitrogens is 2. The second kappa shape index (κ2) is 7.94. The highest BCUT2D eigenvalue weighted by atomic mass is 32.1. The maximum Gasteiger partial charge on any atom is 0.261 e. The van der Waals surface area contributed by atoms with Crippen molar-refractivity contribution in [3.63, 3.8) is 0 Å². The van der Waals surface area contributed by atoms with Crippen molar-refractivity contribution in [2.75, 3.05) is 0 Å². The summed E-state index contributed by atoms with van der Waals surface area (Å²) in [6.45, 7) is 4.03. The summed E-state index contributed by atoms with van der Waals surface area (Å²) >= 11 is 1.53. The molecule has 1 amide bonds. The van der Waals surface area contributed by atoms with E-state index in [2.05, 4.69) is 15.5 Å². The van der Waals surface area contributed by atoms with Crippen molar-refractivity contribution in [2.45, 2.75) is 32.9 Å². The van der Waals surface area contributed by atoms with Crippen LogP contribution in [0.4, 0.5) is 0 Å². The number of hydrogen-bond acceptors (Lipinski definition) is 6. The summed E-state index contributed by atoms with van der Waals surface area (Å²) in [5, 5.41) is 8.66. The number of aryl methyl sites for hydroxylation is 1. The molecule has 0 aliphatic rings. The number of rotatable bonds is 7. The molecule has 0 unspecified atom stereocenters. The zero-order chi connectivity index (χ0) is 17.6. The molecule has 6 nitrogen and oxygen atoms in total. The Bertz CT molecular complexity index is 830. The summed E-state index contributed by atoms with van der Waals surface area (Å²) in [5.41, 5.74) is 0.992. The molecule has 0 aliphatic heterocycles. The van der Waals surface area contributed by atoms with Crippen LogP contribution in [0.25, 0.3) is 10.7 Å². The maximum atomic E-state index is 12.4. The van der Waals surface area contributed by atoms with Crippen molar-refractivity contribution in [1.82, 2.24) is 15.5 Å². The van der Waals surface area contributed by atoms with Crippen molar-refractivity contribution in [3.05, 3.63) is 53.2 Å². The molecule has 0 radical (unpaired) electrons. The van der Waals surface area contributed by atoms with Crippen molar-refractivity contribution in [1.29, 1.82) is 0 Å². The summed E-state index contributed by atoms with van der Waals surface area (Å²) in [6, 6.07) is 11.5. The molecule has 0 saturated carbocycles. The number of nitrogens with zero attached hydrogens (tertiary/aromatic N) is 2. The van der Waals surface area contributed by atoms with Crippen molar-refractivity contribution < 1.29 is 14.1 Å². The molecule has 7 heteroatoms. The summed E-state index contributed by atoms with van der Waals surface area (Å²) in [7, 11) is 0. The van der Waals surface area contributed by atoms with E-state index in [-0.39, 0.29) is 12.5 Å². The van der Waals surface area contributed by atoms with Gasteiger partial charge in [-0.1, -0.05) is 36.3 Å². The van der Waals surface area contributed by atoms with Gasteiger partial charge in [0.1, 0.15) is 5.75 Å². The fraction of sp³-hybridized carbons (Fsp3) is 0.278. The third-order valence-corrected chi connectivity index (χ3v) is 4.52. The Labute approximate surface area is 149 Å². The largest absolute Gasteiger partial charge is 0.480 e. The fourth-order valence-electron chi connectivity index (χ4n) is 2.27. The van der Waals surface area contributed by atoms with Crippen molar-refractivity contribution in [2.24, 2.45) is 0 Å². The predicted octanol–water partition coefficient (Wildman–Crippen LogP) is 3.58. The van der Waals surface area contributed by atoms with Crippen molar-refractivity contribution >= 4 is 17.2 Å². The summed E-state index contributed by atoms with van der Waals surface area (Å²) < 4.78 is 11.0. The lowest BCUT2D eigenvalue weighted by molar-refractivity contribution is -0.128. The van der Waals surface area contributed by atoms with Crippen LogP contribution in [0.2, 0.25) is 0 Å². The highest BCUT2D eigenvalue weighted by Crippen LogP contribution is 2.21. The number of hydrogen-bond donors (Lipinski definition) is 1. The van der Waals surface area contributed by atoms with Gasteiger partial charge in [0.25, 0.3) is 5.91 Å². The van der Waals surface area contributed by atoms with E-state index in [1.54, 1.807) is 0 Å². The van der Waals surface area contributed by atoms with E-state index in [9.17, 15) is 4.79 Å². The van der Waals surface area contributed by atoms with Crippen LogP contribution in [-0.4, -0.2) is 22.2 Å². The molecular weight excluding hydrogens is 338 g/mol. The first-order valence-corrected chi connectivity index (χ1v) is 8.91. The zero-order valence-corrected chi connectivity index (χ0v) is 14.9. The molecule has 3 rings (SSSR count). The number of ether oxygens (including phenoxy) is 1. The Hall–Kier alpha value is -2.67. The Morgan fingerprint density at radius 3 is 2.88 bits per heavy atom. The molecule has 1 aromatic carbocycles. The van der Waals surface area contributed by atoms with Gasteiger partial charge in [-0.2, -0.15) is 4.98 Å². The van der Waals surface area contributed by atoms with E-state index < -0.39 is 6.10 Å². The molecule has 0 bridgehead atoms. The van der Waals surface area contributed by atoms with Gasteiger partial charge in [0.2, 0.25) is 11.7 Å². The zero-order valence-electron chi connectivity index (χ0n) is 14.1. The number of thiophene rings is 1. The second-order valence-corrected chi connectivity index (χ2v) is 6.43. The molecular formula is C18H19N3O3S. The lowest BCUT2D eigenvalue weighted by Gasteiger charge is -2.18. The smallest absolute Gasteiger partial charge is 0.261 e. The SMILES string of the molecule is CC[C@H](Oc1ccccc1C)C(=O)NCc1nc(-c2cccs2)no1. The Kier molecular flexibility index (Phi) is 5.45. The first kappa shape index (κ1) is 17.2. The van der Waals surface area contributed by atoms with E-state index >= 15 is 0 Å². The minimum atomic E-state index is -0.569. The number of amides is 1. The first-order valence-electron chi connectivity index (χ1n) is 8.04. The van der Waals surface area contributed by atoms with E-state index in [4.69, 9.17) is 9.26 Å². The molecule has 0 saturated heterocycles. The number of para-hydroxylation sites is 1. The molecule has 1 atom stereocenters. The van der Waals surface area contributed by atoms with Crippen LogP contribution < -0.4 is 10.1 Å². The second-order valence-electron chi connectivity index (χ2n) is 5.49. The predicted molar refractivity (Wildman–Crippen MR) is 95.3 cm³/mol. The van der Waals surface area contributed by atoms with Crippen LogP contribution in [-0.2, 0) is 11.3 Å². The van der Waals surface area contributed by atoms with E-state index in [1.165, 1.54) is 11.3 Å². The Morgan fingerprint density at radius 2 is 2.16 bits per heavy atom. The molecule has 130 valence electrons. The number of carbonyl (C=O) groups is 1. The molecule has 2 aromatic heterocycles. The van der Waals surface area contributed by atoms with Gasteiger partial charge in [0.05, 0.1) is 11.4 Å². The lowest BCUT2D eigenvalue weighted by Crippen LogP contribution is -2.37. The van der Waals surface area contributed by atoms with Gasteiger partial charge >= 0.3 is 0 Å². The average Bonchev–Trinajstić information content (AvgIpc) is 3.30. The average molecular weight is 357 g/mol. The van der Waals surface area contributed by atoms with Gasteiger partial charge in [-0.25, -0.2) is 0 Å². The first-order chi connectivity index (χ1) is 12.2. The molecule has 0 aliphatic carbocycles. The number of nitrogens with one attached hydrogen (secondary N) is 1. The van der Waals surface area contributed by atoms with Gasteiger partial charge in [-0.15, -0.1) is 11.3 Å². The Balaban J connectivity index is 1.58. The van der Waals surface area contributed by atoms with Gasteiger partial charge in [-0.3, -0.25) is 4.79 Å². The molecule has 0 spiro atoms. The standard InChI is InChI=1S/C18H19N3O3S/c1-3-13(23-14-8-5-4-7-12(14)2)18(22)19-11-16-20-17(21-24-16)15-9-6-10-25-15/h4-10,13H,3,11H2,1-2H3,(H,19,22)/t13-/m0/s1. The highest BCUT2D eigenvalue weighted by molar-refractivity contribution is 7.13. The monoisotopic (exact) mass is 357 g/mol. The van der Waals surface area contributed by atoms with Crippen LogP contribution in [0.15, 0.2) is 46.3 Å². The van der Waals surface area contributed by atoms with Crippen LogP contribution in [0, 0.1) is 6.92 Å². The van der Waals surface area contributed by atoms with Crippen LogP contribution in [0.5, 0.6) is 5.75 Å². The van der Waals surface area contributed by atoms with Gasteiger partial charge in [-0.05, 0) is 36.4 Å².